The first-order valence-electron chi connectivity index (χ1n) is 6.53. The van der Waals surface area contributed by atoms with Gasteiger partial charge in [0.25, 0.3) is 0 Å². The van der Waals surface area contributed by atoms with E-state index in [4.69, 9.17) is 0 Å². The molecule has 1 aliphatic carbocycles. The van der Waals surface area contributed by atoms with Gasteiger partial charge in [0.2, 0.25) is 0 Å². The van der Waals surface area contributed by atoms with Crippen LogP contribution in [-0.2, 0) is 19.2 Å². The van der Waals surface area contributed by atoms with Gasteiger partial charge in [0.05, 0.1) is 11.8 Å². The van der Waals surface area contributed by atoms with Crippen LogP contribution in [0.4, 0.5) is 0 Å². The van der Waals surface area contributed by atoms with Crippen molar-refractivity contribution < 1.29 is 19.2 Å². The largest absolute Gasteiger partial charge is 0.309 e. The minimum absolute atomic E-state index is 0. The van der Waals surface area contributed by atoms with Crippen molar-refractivity contribution in [3.63, 3.8) is 0 Å². The lowest BCUT2D eigenvalue weighted by molar-refractivity contribution is -0.136. The molecule has 1 saturated carbocycles. The summed E-state index contributed by atoms with van der Waals surface area (Å²) in [5, 5.41) is 2.64. The quantitative estimate of drug-likeness (QED) is 0.681. The summed E-state index contributed by atoms with van der Waals surface area (Å²) in [5.74, 6) is -1.11. The van der Waals surface area contributed by atoms with E-state index >= 15 is 0 Å². The zero-order valence-electron chi connectivity index (χ0n) is 10.6. The van der Waals surface area contributed by atoms with Gasteiger partial charge in [-0.05, 0) is 6.42 Å². The van der Waals surface area contributed by atoms with Gasteiger partial charge < -0.3 is 5.32 Å². The molecule has 1 heterocycles. The molecule has 2 bridgehead atoms. The predicted molar refractivity (Wildman–Crippen MR) is 84.6 cm³/mol. The second kappa shape index (κ2) is 9.10. The predicted octanol–water partition coefficient (Wildman–Crippen LogP) is 1.43. The monoisotopic (exact) mass is 315 g/mol. The Labute approximate surface area is 130 Å². The van der Waals surface area contributed by atoms with E-state index in [1.54, 1.807) is 0 Å². The molecule has 5 nitrogen and oxygen atoms in total. The molecule has 6 heteroatoms. The molecular weight excluding hydrogens is 290 g/mol. The Morgan fingerprint density at radius 3 is 2.43 bits per heavy atom. The fourth-order valence-corrected chi connectivity index (χ4v) is 3.55. The topological polar surface area (TPSA) is 80.3 Å². The van der Waals surface area contributed by atoms with Crippen molar-refractivity contribution in [3.8, 4) is 0 Å². The van der Waals surface area contributed by atoms with E-state index in [1.165, 1.54) is 11.8 Å². The lowest BCUT2D eigenvalue weighted by Gasteiger charge is -2.08. The molecule has 0 aromatic rings. The van der Waals surface area contributed by atoms with Gasteiger partial charge >= 0.3 is 0 Å². The smallest absolute Gasteiger partial charge is 0.164 e. The van der Waals surface area contributed by atoms with Crippen molar-refractivity contribution in [1.82, 2.24) is 5.32 Å². The Bertz CT molecular complexity index is 422. The highest BCUT2D eigenvalue weighted by Crippen LogP contribution is 2.30. The molecule has 0 aromatic heterocycles. The fraction of sp³-hybridized carbons (Fsp3) is 0.733. The summed E-state index contributed by atoms with van der Waals surface area (Å²) < 4.78 is 0. The van der Waals surface area contributed by atoms with E-state index in [0.29, 0.717) is 31.7 Å². The Hall–Kier alpha value is -1.01. The zero-order valence-corrected chi connectivity index (χ0v) is 11.5. The molecule has 120 valence electrons. The van der Waals surface area contributed by atoms with Crippen molar-refractivity contribution in [2.75, 3.05) is 18.8 Å². The van der Waals surface area contributed by atoms with Gasteiger partial charge in [-0.3, -0.25) is 19.2 Å². The van der Waals surface area contributed by atoms with Gasteiger partial charge in [0, 0.05) is 31.6 Å². The average molecular weight is 315 g/mol. The Balaban J connectivity index is 0.00000200. The van der Waals surface area contributed by atoms with Crippen LogP contribution in [0.25, 0.3) is 0 Å². The van der Waals surface area contributed by atoms with Crippen LogP contribution in [0.5, 0.6) is 0 Å². The normalized spacial score (nSPS) is 27.8. The summed E-state index contributed by atoms with van der Waals surface area (Å²) in [6, 6.07) is 0. The highest BCUT2D eigenvalue weighted by molar-refractivity contribution is 8.00. The second-order valence-corrected chi connectivity index (χ2v) is 6.21. The molecule has 1 N–H and O–H groups in total. The molecule has 1 aliphatic heterocycles. The number of thioether (sulfide) groups is 1. The highest BCUT2D eigenvalue weighted by Gasteiger charge is 2.44. The molecule has 2 aliphatic rings. The van der Waals surface area contributed by atoms with Crippen molar-refractivity contribution in [2.45, 2.75) is 45.8 Å². The van der Waals surface area contributed by atoms with Crippen LogP contribution in [0.2, 0.25) is 0 Å². The van der Waals surface area contributed by atoms with Gasteiger partial charge in [-0.15, -0.1) is 11.8 Å². The van der Waals surface area contributed by atoms with Crippen LogP contribution in [0.15, 0.2) is 0 Å². The van der Waals surface area contributed by atoms with Crippen LogP contribution in [-0.4, -0.2) is 47.2 Å². The maximum Gasteiger partial charge on any atom is 0.164 e. The minimum atomic E-state index is -1.05. The Morgan fingerprint density at radius 1 is 1.00 bits per heavy atom. The van der Waals surface area contributed by atoms with E-state index in [9.17, 15) is 19.2 Å². The fourth-order valence-electron chi connectivity index (χ4n) is 2.42. The van der Waals surface area contributed by atoms with Crippen LogP contribution >= 0.6 is 11.8 Å². The highest BCUT2D eigenvalue weighted by atomic mass is 32.2. The molecule has 2 rings (SSSR count). The molecule has 2 fully saturated rings. The van der Waals surface area contributed by atoms with Gasteiger partial charge in [-0.2, -0.15) is 0 Å². The maximum absolute atomic E-state index is 12.0. The number of hydrogen-bond donors (Lipinski definition) is 1. The average Bonchev–Trinajstić information content (AvgIpc) is 2.63. The first kappa shape index (κ1) is 20.0. The van der Waals surface area contributed by atoms with Crippen molar-refractivity contribution in [2.24, 2.45) is 5.92 Å². The molecule has 1 saturated heterocycles. The van der Waals surface area contributed by atoms with E-state index in [-0.39, 0.29) is 56.1 Å². The third kappa shape index (κ3) is 5.04. The number of hydrogen-bond acceptors (Lipinski definition) is 6. The van der Waals surface area contributed by atoms with Crippen LogP contribution in [0.3, 0.4) is 0 Å². The van der Waals surface area contributed by atoms with Crippen LogP contribution in [0, 0.1) is 5.92 Å². The van der Waals surface area contributed by atoms with Gasteiger partial charge in [0.15, 0.2) is 17.3 Å². The standard InChI is InChI=1S/C13H17NO4S.2CH4/c15-8-2-1-3-9(16)12-10(17)6-11(13(12)18)19-5-4-14-7-8;;/h11-12,14H,1-7H2;2*1H4. The molecule has 0 amide bonds. The summed E-state index contributed by atoms with van der Waals surface area (Å²) >= 11 is 1.40. The Kier molecular flexibility index (Phi) is 8.66. The first-order valence-corrected chi connectivity index (χ1v) is 7.57. The van der Waals surface area contributed by atoms with E-state index in [2.05, 4.69) is 5.32 Å². The summed E-state index contributed by atoms with van der Waals surface area (Å²) in [7, 11) is 0. The van der Waals surface area contributed by atoms with Gasteiger partial charge in [-0.25, -0.2) is 0 Å². The SMILES string of the molecule is C.C.O=C1CCCC(=O)C2C(=O)CC(SCCNC1)C2=O. The van der Waals surface area contributed by atoms with Gasteiger partial charge in [-0.1, -0.05) is 14.9 Å². The summed E-state index contributed by atoms with van der Waals surface area (Å²) in [6.45, 7) is 0.947. The van der Waals surface area contributed by atoms with Crippen LogP contribution < -0.4 is 5.32 Å². The van der Waals surface area contributed by atoms with E-state index in [1.807, 2.05) is 0 Å². The molecule has 0 spiro atoms. The number of Topliss-reactive ketones (excluding diaryl/α,β-unsaturated/α-hetero) is 4. The third-order valence-corrected chi connectivity index (χ3v) is 4.67. The first-order chi connectivity index (χ1) is 9.09. The molecule has 2 atom stereocenters. The molecule has 2 unspecified atom stereocenters. The Morgan fingerprint density at radius 2 is 1.71 bits per heavy atom. The maximum atomic E-state index is 12.0. The van der Waals surface area contributed by atoms with E-state index < -0.39 is 5.92 Å². The lowest BCUT2D eigenvalue weighted by Crippen LogP contribution is -2.27. The third-order valence-electron chi connectivity index (χ3n) is 3.43. The summed E-state index contributed by atoms with van der Waals surface area (Å²) in [4.78, 5) is 47.2. The van der Waals surface area contributed by atoms with Crippen LogP contribution in [0.1, 0.15) is 40.5 Å². The van der Waals surface area contributed by atoms with Crippen molar-refractivity contribution in [3.05, 3.63) is 0 Å². The molecule has 0 radical (unpaired) electrons. The van der Waals surface area contributed by atoms with Crippen molar-refractivity contribution in [1.29, 1.82) is 0 Å². The number of rotatable bonds is 0. The lowest BCUT2D eigenvalue weighted by atomic mass is 9.96. The number of fused-ring (bicyclic) bond motifs is 2. The second-order valence-electron chi connectivity index (χ2n) is 4.90. The van der Waals surface area contributed by atoms with Crippen molar-refractivity contribution >= 4 is 34.9 Å². The van der Waals surface area contributed by atoms with E-state index in [0.717, 1.165) is 0 Å². The number of carbonyl (C=O) groups excluding carboxylic acids is 4. The summed E-state index contributed by atoms with van der Waals surface area (Å²) in [5.41, 5.74) is 0. The number of carbonyl (C=O) groups is 4. The zero-order chi connectivity index (χ0) is 13.8. The number of nitrogens with one attached hydrogen (secondary N) is 1. The molecule has 0 aromatic carbocycles. The van der Waals surface area contributed by atoms with Gasteiger partial charge in [0.1, 0.15) is 11.7 Å². The molecule has 21 heavy (non-hydrogen) atoms. The minimum Gasteiger partial charge on any atom is -0.309 e. The number of ketones is 4. The summed E-state index contributed by atoms with van der Waals surface area (Å²) in [6.07, 6.45) is 1.07. The molecular formula is C15H25NO4S.